The van der Waals surface area contributed by atoms with E-state index in [1.807, 2.05) is 0 Å². The summed E-state index contributed by atoms with van der Waals surface area (Å²) in [5, 5.41) is 0. The lowest BCUT2D eigenvalue weighted by atomic mass is 10.2. The first-order chi connectivity index (χ1) is 7.95. The van der Waals surface area contributed by atoms with Gasteiger partial charge in [-0.15, -0.1) is 0 Å². The Balaban J connectivity index is 2.66. The molecular weight excluding hydrogens is 242 g/mol. The Morgan fingerprint density at radius 3 is 2.35 bits per heavy atom. The Labute approximate surface area is 100 Å². The molecular formula is C11H15NO4S. The minimum atomic E-state index is -3.15. The van der Waals surface area contributed by atoms with E-state index in [9.17, 15) is 13.2 Å². The Kier molecular flexibility index (Phi) is 4.51. The van der Waals surface area contributed by atoms with E-state index in [0.717, 1.165) is 5.56 Å². The Hall–Kier alpha value is -1.56. The summed E-state index contributed by atoms with van der Waals surface area (Å²) in [5.41, 5.74) is 5.71. The molecule has 0 saturated heterocycles. The molecule has 0 heterocycles. The standard InChI is InChI=1S/C11H15NO4S/c1-2-17(14,15)10-5-3-9(4-6-10)7-8-16-11(12)13/h3-6H,2,7-8H2,1H3,(H2,12,13). The highest BCUT2D eigenvalue weighted by Gasteiger charge is 2.10. The normalized spacial score (nSPS) is 11.1. The summed E-state index contributed by atoms with van der Waals surface area (Å²) >= 11 is 0. The van der Waals surface area contributed by atoms with E-state index < -0.39 is 15.9 Å². The maximum atomic E-state index is 11.5. The number of primary amides is 1. The van der Waals surface area contributed by atoms with Crippen LogP contribution >= 0.6 is 0 Å². The van der Waals surface area contributed by atoms with Crippen molar-refractivity contribution in [3.63, 3.8) is 0 Å². The number of hydrogen-bond acceptors (Lipinski definition) is 4. The second-order valence-corrected chi connectivity index (χ2v) is 5.74. The summed E-state index contributed by atoms with van der Waals surface area (Å²) in [6, 6.07) is 6.51. The maximum Gasteiger partial charge on any atom is 0.404 e. The molecule has 1 rings (SSSR count). The van der Waals surface area contributed by atoms with Gasteiger partial charge in [0.05, 0.1) is 17.3 Å². The molecule has 0 aliphatic heterocycles. The van der Waals surface area contributed by atoms with Gasteiger partial charge in [0.15, 0.2) is 9.84 Å². The summed E-state index contributed by atoms with van der Waals surface area (Å²) in [5.74, 6) is 0.0805. The molecule has 1 aromatic rings. The van der Waals surface area contributed by atoms with E-state index in [1.54, 1.807) is 31.2 Å². The van der Waals surface area contributed by atoms with E-state index in [2.05, 4.69) is 4.74 Å². The van der Waals surface area contributed by atoms with Gasteiger partial charge in [0, 0.05) is 6.42 Å². The number of hydrogen-bond donors (Lipinski definition) is 1. The monoisotopic (exact) mass is 257 g/mol. The average molecular weight is 257 g/mol. The number of rotatable bonds is 5. The molecule has 0 spiro atoms. The molecule has 6 heteroatoms. The van der Waals surface area contributed by atoms with Crippen molar-refractivity contribution in [3.8, 4) is 0 Å². The highest BCUT2D eigenvalue weighted by molar-refractivity contribution is 7.91. The van der Waals surface area contributed by atoms with Crippen LogP contribution in [0.25, 0.3) is 0 Å². The number of ether oxygens (including phenoxy) is 1. The van der Waals surface area contributed by atoms with Crippen molar-refractivity contribution in [1.82, 2.24) is 0 Å². The largest absolute Gasteiger partial charge is 0.449 e. The molecule has 0 saturated carbocycles. The molecule has 1 amide bonds. The maximum absolute atomic E-state index is 11.5. The average Bonchev–Trinajstić information content (AvgIpc) is 2.29. The van der Waals surface area contributed by atoms with Crippen molar-refractivity contribution in [2.45, 2.75) is 18.2 Å². The van der Waals surface area contributed by atoms with Gasteiger partial charge in [0.2, 0.25) is 0 Å². The van der Waals surface area contributed by atoms with Crippen LogP contribution in [0.4, 0.5) is 4.79 Å². The Morgan fingerprint density at radius 2 is 1.88 bits per heavy atom. The van der Waals surface area contributed by atoms with Crippen molar-refractivity contribution < 1.29 is 17.9 Å². The van der Waals surface area contributed by atoms with Crippen molar-refractivity contribution in [2.24, 2.45) is 5.73 Å². The van der Waals surface area contributed by atoms with Crippen LogP contribution in [0.1, 0.15) is 12.5 Å². The molecule has 17 heavy (non-hydrogen) atoms. The summed E-state index contributed by atoms with van der Waals surface area (Å²) in [7, 11) is -3.15. The minimum Gasteiger partial charge on any atom is -0.449 e. The topological polar surface area (TPSA) is 86.5 Å². The van der Waals surface area contributed by atoms with E-state index in [4.69, 9.17) is 5.73 Å². The van der Waals surface area contributed by atoms with Gasteiger partial charge < -0.3 is 10.5 Å². The summed E-state index contributed by atoms with van der Waals surface area (Å²) in [6.07, 6.45) is -0.301. The number of benzene rings is 1. The van der Waals surface area contributed by atoms with Crippen LogP contribution in [0.2, 0.25) is 0 Å². The molecule has 0 aliphatic rings. The third kappa shape index (κ3) is 4.07. The predicted octanol–water partition coefficient (Wildman–Crippen LogP) is 1.12. The van der Waals surface area contributed by atoms with Crippen molar-refractivity contribution in [1.29, 1.82) is 0 Å². The van der Waals surface area contributed by atoms with Gasteiger partial charge in [-0.05, 0) is 17.7 Å². The summed E-state index contributed by atoms with van der Waals surface area (Å²) < 4.78 is 27.6. The van der Waals surface area contributed by atoms with Crippen molar-refractivity contribution in [3.05, 3.63) is 29.8 Å². The third-order valence-corrected chi connectivity index (χ3v) is 4.05. The van der Waals surface area contributed by atoms with Gasteiger partial charge in [0.1, 0.15) is 0 Å². The van der Waals surface area contributed by atoms with Gasteiger partial charge >= 0.3 is 6.09 Å². The first-order valence-corrected chi connectivity index (χ1v) is 6.85. The quantitative estimate of drug-likeness (QED) is 0.856. The van der Waals surface area contributed by atoms with Crippen LogP contribution in [0.5, 0.6) is 0 Å². The second-order valence-electron chi connectivity index (χ2n) is 3.46. The fourth-order valence-electron chi connectivity index (χ4n) is 1.30. The minimum absolute atomic E-state index is 0.0805. The first-order valence-electron chi connectivity index (χ1n) is 5.19. The van der Waals surface area contributed by atoms with Crippen LogP contribution in [0.3, 0.4) is 0 Å². The lowest BCUT2D eigenvalue weighted by Crippen LogP contribution is -2.14. The molecule has 94 valence electrons. The molecule has 0 bridgehead atoms. The summed E-state index contributed by atoms with van der Waals surface area (Å²) in [6.45, 7) is 1.79. The van der Waals surface area contributed by atoms with E-state index in [-0.39, 0.29) is 12.4 Å². The zero-order valence-electron chi connectivity index (χ0n) is 9.55. The highest BCUT2D eigenvalue weighted by atomic mass is 32.2. The van der Waals surface area contributed by atoms with Crippen molar-refractivity contribution >= 4 is 15.9 Å². The van der Waals surface area contributed by atoms with Gasteiger partial charge in [-0.3, -0.25) is 0 Å². The fraction of sp³-hybridized carbons (Fsp3) is 0.364. The number of sulfone groups is 1. The van der Waals surface area contributed by atoms with E-state index in [0.29, 0.717) is 11.3 Å². The van der Waals surface area contributed by atoms with Crippen LogP contribution in [-0.4, -0.2) is 26.9 Å². The predicted molar refractivity (Wildman–Crippen MR) is 63.4 cm³/mol. The zero-order chi connectivity index (χ0) is 12.9. The summed E-state index contributed by atoms with van der Waals surface area (Å²) in [4.78, 5) is 10.6. The van der Waals surface area contributed by atoms with Crippen LogP contribution in [0, 0.1) is 0 Å². The number of amides is 1. The van der Waals surface area contributed by atoms with Gasteiger partial charge in [-0.2, -0.15) is 0 Å². The molecule has 0 aromatic heterocycles. The molecule has 0 radical (unpaired) electrons. The van der Waals surface area contributed by atoms with Gasteiger partial charge in [0.25, 0.3) is 0 Å². The number of nitrogens with two attached hydrogens (primary N) is 1. The molecule has 1 aromatic carbocycles. The second kappa shape index (κ2) is 5.67. The third-order valence-electron chi connectivity index (χ3n) is 2.30. The molecule has 2 N–H and O–H groups in total. The molecule has 0 unspecified atom stereocenters. The molecule has 0 aliphatic carbocycles. The molecule has 0 fully saturated rings. The van der Waals surface area contributed by atoms with E-state index in [1.165, 1.54) is 0 Å². The Morgan fingerprint density at radius 1 is 1.29 bits per heavy atom. The van der Waals surface area contributed by atoms with Gasteiger partial charge in [-0.1, -0.05) is 19.1 Å². The van der Waals surface area contributed by atoms with Crippen LogP contribution < -0.4 is 5.73 Å². The van der Waals surface area contributed by atoms with E-state index >= 15 is 0 Å². The Bertz CT molecular complexity index is 479. The number of carbonyl (C=O) groups is 1. The smallest absolute Gasteiger partial charge is 0.404 e. The molecule has 5 nitrogen and oxygen atoms in total. The first kappa shape index (κ1) is 13.5. The SMILES string of the molecule is CCS(=O)(=O)c1ccc(CCOC(N)=O)cc1. The zero-order valence-corrected chi connectivity index (χ0v) is 10.4. The van der Waals surface area contributed by atoms with Crippen LogP contribution in [-0.2, 0) is 21.0 Å². The highest BCUT2D eigenvalue weighted by Crippen LogP contribution is 2.12. The van der Waals surface area contributed by atoms with Crippen LogP contribution in [0.15, 0.2) is 29.2 Å². The molecule has 0 atom stereocenters. The number of carbonyl (C=O) groups excluding carboxylic acids is 1. The lowest BCUT2D eigenvalue weighted by molar-refractivity contribution is 0.158. The lowest BCUT2D eigenvalue weighted by Gasteiger charge is -2.04. The fourth-order valence-corrected chi connectivity index (χ4v) is 2.18. The van der Waals surface area contributed by atoms with Gasteiger partial charge in [-0.25, -0.2) is 13.2 Å². The van der Waals surface area contributed by atoms with Crippen molar-refractivity contribution in [2.75, 3.05) is 12.4 Å².